The number of likely N-dealkylation sites (tertiary alicyclic amines) is 1. The van der Waals surface area contributed by atoms with Crippen molar-refractivity contribution in [3.63, 3.8) is 0 Å². The van der Waals surface area contributed by atoms with E-state index in [2.05, 4.69) is 0 Å². The van der Waals surface area contributed by atoms with Gasteiger partial charge in [-0.2, -0.15) is 0 Å². The maximum absolute atomic E-state index is 12.2. The Labute approximate surface area is 137 Å². The summed E-state index contributed by atoms with van der Waals surface area (Å²) in [4.78, 5) is 13.9. The summed E-state index contributed by atoms with van der Waals surface area (Å²) in [5.41, 5.74) is 0.826. The van der Waals surface area contributed by atoms with Crippen LogP contribution in [-0.4, -0.2) is 48.0 Å². The summed E-state index contributed by atoms with van der Waals surface area (Å²) < 4.78 is 11.1. The van der Waals surface area contributed by atoms with Crippen LogP contribution in [0.15, 0.2) is 30.3 Å². The van der Waals surface area contributed by atoms with Gasteiger partial charge in [0.25, 0.3) is 0 Å². The summed E-state index contributed by atoms with van der Waals surface area (Å²) in [6, 6.07) is 9.68. The molecule has 1 saturated carbocycles. The molecular formula is C18H25NO4. The van der Waals surface area contributed by atoms with Crippen molar-refractivity contribution in [3.05, 3.63) is 35.9 Å². The lowest BCUT2D eigenvalue weighted by atomic mass is 9.58. The molecule has 0 bridgehead atoms. The van der Waals surface area contributed by atoms with Gasteiger partial charge in [-0.3, -0.25) is 0 Å². The van der Waals surface area contributed by atoms with Crippen molar-refractivity contribution in [3.8, 4) is 0 Å². The smallest absolute Gasteiger partial charge is 0.410 e. The molecule has 2 fully saturated rings. The van der Waals surface area contributed by atoms with E-state index in [1.807, 2.05) is 37.3 Å². The summed E-state index contributed by atoms with van der Waals surface area (Å²) >= 11 is 0. The highest BCUT2D eigenvalue weighted by Gasteiger charge is 2.56. The maximum Gasteiger partial charge on any atom is 0.410 e. The monoisotopic (exact) mass is 319 g/mol. The van der Waals surface area contributed by atoms with Crippen LogP contribution in [0.3, 0.4) is 0 Å². The van der Waals surface area contributed by atoms with Crippen molar-refractivity contribution in [1.29, 1.82) is 0 Å². The van der Waals surface area contributed by atoms with Gasteiger partial charge in [0.05, 0.1) is 12.2 Å². The highest BCUT2D eigenvalue weighted by Crippen LogP contribution is 2.50. The van der Waals surface area contributed by atoms with Crippen molar-refractivity contribution in [2.45, 2.75) is 45.0 Å². The molecule has 1 aliphatic carbocycles. The minimum Gasteiger partial charge on any atom is -0.445 e. The third kappa shape index (κ3) is 3.21. The number of carbonyl (C=O) groups is 1. The number of rotatable bonds is 4. The normalized spacial score (nSPS) is 25.9. The number of hydrogen-bond donors (Lipinski definition) is 1. The van der Waals surface area contributed by atoms with Gasteiger partial charge in [0.1, 0.15) is 6.61 Å². The van der Waals surface area contributed by atoms with Crippen molar-refractivity contribution < 1.29 is 19.4 Å². The van der Waals surface area contributed by atoms with E-state index in [4.69, 9.17) is 9.47 Å². The standard InChI is InChI=1S/C18H25NO4/c1-2-22-16-12-15(20)18(16)8-10-19(11-9-18)17(21)23-13-14-6-4-3-5-7-14/h3-7,15-16,20H,2,8-13H2,1H3. The molecular weight excluding hydrogens is 294 g/mol. The fourth-order valence-corrected chi connectivity index (χ4v) is 3.73. The SMILES string of the molecule is CCOC1CC(O)C12CCN(C(=O)OCc1ccccc1)CC2. The zero-order chi connectivity index (χ0) is 16.3. The molecule has 1 saturated heterocycles. The van der Waals surface area contributed by atoms with Gasteiger partial charge in [0.2, 0.25) is 0 Å². The van der Waals surface area contributed by atoms with E-state index in [1.165, 1.54) is 0 Å². The minimum absolute atomic E-state index is 0.130. The average molecular weight is 319 g/mol. The number of aliphatic hydroxyl groups excluding tert-OH is 1. The third-order valence-electron chi connectivity index (χ3n) is 5.27. The van der Waals surface area contributed by atoms with Crippen LogP contribution < -0.4 is 0 Å². The van der Waals surface area contributed by atoms with Crippen molar-refractivity contribution in [2.75, 3.05) is 19.7 Å². The first-order chi connectivity index (χ1) is 11.2. The Morgan fingerprint density at radius 3 is 2.61 bits per heavy atom. The number of aliphatic hydroxyl groups is 1. The van der Waals surface area contributed by atoms with E-state index in [9.17, 15) is 9.90 Å². The molecule has 1 aromatic carbocycles. The molecule has 1 spiro atoms. The second-order valence-corrected chi connectivity index (χ2v) is 6.46. The second kappa shape index (κ2) is 6.89. The van der Waals surface area contributed by atoms with Crippen LogP contribution in [0.4, 0.5) is 4.79 Å². The summed E-state index contributed by atoms with van der Waals surface area (Å²) in [7, 11) is 0. The third-order valence-corrected chi connectivity index (χ3v) is 5.27. The quantitative estimate of drug-likeness (QED) is 0.926. The molecule has 126 valence electrons. The Morgan fingerprint density at radius 1 is 1.30 bits per heavy atom. The molecule has 5 nitrogen and oxygen atoms in total. The summed E-state index contributed by atoms with van der Waals surface area (Å²) in [6.45, 7) is 4.18. The molecule has 23 heavy (non-hydrogen) atoms. The highest BCUT2D eigenvalue weighted by molar-refractivity contribution is 5.67. The Kier molecular flexibility index (Phi) is 4.87. The molecule has 1 aromatic rings. The first-order valence-corrected chi connectivity index (χ1v) is 8.41. The molecule has 1 amide bonds. The van der Waals surface area contributed by atoms with Crippen molar-refractivity contribution in [2.24, 2.45) is 5.41 Å². The van der Waals surface area contributed by atoms with Gasteiger partial charge in [-0.1, -0.05) is 30.3 Å². The van der Waals surface area contributed by atoms with Crippen LogP contribution in [-0.2, 0) is 16.1 Å². The predicted molar refractivity (Wildman–Crippen MR) is 85.9 cm³/mol. The summed E-state index contributed by atoms with van der Waals surface area (Å²) in [5, 5.41) is 10.2. The van der Waals surface area contributed by atoms with E-state index in [0.717, 1.165) is 18.4 Å². The van der Waals surface area contributed by atoms with E-state index in [1.54, 1.807) is 4.90 Å². The first kappa shape index (κ1) is 16.3. The molecule has 1 N–H and O–H groups in total. The lowest BCUT2D eigenvalue weighted by Crippen LogP contribution is -2.62. The van der Waals surface area contributed by atoms with Gasteiger partial charge in [-0.15, -0.1) is 0 Å². The molecule has 0 aromatic heterocycles. The van der Waals surface area contributed by atoms with E-state index >= 15 is 0 Å². The molecule has 1 aliphatic heterocycles. The van der Waals surface area contributed by atoms with Crippen molar-refractivity contribution in [1.82, 2.24) is 4.90 Å². The lowest BCUT2D eigenvalue weighted by molar-refractivity contribution is -0.208. The van der Waals surface area contributed by atoms with Crippen LogP contribution >= 0.6 is 0 Å². The van der Waals surface area contributed by atoms with Crippen LogP contribution in [0.25, 0.3) is 0 Å². The maximum atomic E-state index is 12.2. The van der Waals surface area contributed by atoms with Gasteiger partial charge in [0.15, 0.2) is 0 Å². The van der Waals surface area contributed by atoms with Gasteiger partial charge in [-0.05, 0) is 25.3 Å². The predicted octanol–water partition coefficient (Wildman–Crippen LogP) is 2.58. The van der Waals surface area contributed by atoms with Gasteiger partial charge in [-0.25, -0.2) is 4.79 Å². The Bertz CT molecular complexity index is 523. The minimum atomic E-state index is -0.304. The van der Waals surface area contributed by atoms with E-state index in [0.29, 0.717) is 32.7 Å². The number of nitrogens with zero attached hydrogens (tertiary/aromatic N) is 1. The van der Waals surface area contributed by atoms with Crippen LogP contribution in [0.1, 0.15) is 31.7 Å². The van der Waals surface area contributed by atoms with Gasteiger partial charge in [0, 0.05) is 31.5 Å². The molecule has 2 unspecified atom stereocenters. The summed E-state index contributed by atoms with van der Waals surface area (Å²) in [6.07, 6.45) is 1.82. The number of carbonyl (C=O) groups excluding carboxylic acids is 1. The zero-order valence-corrected chi connectivity index (χ0v) is 13.6. The fourth-order valence-electron chi connectivity index (χ4n) is 3.73. The molecule has 5 heteroatoms. The topological polar surface area (TPSA) is 59.0 Å². The average Bonchev–Trinajstić information content (AvgIpc) is 2.60. The van der Waals surface area contributed by atoms with Crippen LogP contribution in [0, 0.1) is 5.41 Å². The number of hydrogen-bond acceptors (Lipinski definition) is 4. The Hall–Kier alpha value is -1.59. The molecule has 0 radical (unpaired) electrons. The lowest BCUT2D eigenvalue weighted by Gasteiger charge is -2.56. The molecule has 3 rings (SSSR count). The summed E-state index contributed by atoms with van der Waals surface area (Å²) in [5.74, 6) is 0. The molecule has 1 heterocycles. The van der Waals surface area contributed by atoms with Crippen molar-refractivity contribution >= 4 is 6.09 Å². The van der Waals surface area contributed by atoms with E-state index in [-0.39, 0.29) is 23.7 Å². The second-order valence-electron chi connectivity index (χ2n) is 6.46. The number of ether oxygens (including phenoxy) is 2. The zero-order valence-electron chi connectivity index (χ0n) is 13.6. The van der Waals surface area contributed by atoms with E-state index < -0.39 is 0 Å². The number of piperidine rings is 1. The van der Waals surface area contributed by atoms with Crippen LogP contribution in [0.2, 0.25) is 0 Å². The number of benzene rings is 1. The Morgan fingerprint density at radius 2 is 2.00 bits per heavy atom. The highest BCUT2D eigenvalue weighted by atomic mass is 16.6. The molecule has 2 atom stereocenters. The molecule has 2 aliphatic rings. The van der Waals surface area contributed by atoms with Crippen LogP contribution in [0.5, 0.6) is 0 Å². The van der Waals surface area contributed by atoms with Gasteiger partial charge < -0.3 is 19.5 Å². The largest absolute Gasteiger partial charge is 0.445 e. The number of amides is 1. The first-order valence-electron chi connectivity index (χ1n) is 8.41. The van der Waals surface area contributed by atoms with Gasteiger partial charge >= 0.3 is 6.09 Å². The Balaban J connectivity index is 1.49. The fraction of sp³-hybridized carbons (Fsp3) is 0.611.